The van der Waals surface area contributed by atoms with E-state index >= 15 is 0 Å². The van der Waals surface area contributed by atoms with Gasteiger partial charge in [0.15, 0.2) is 6.29 Å². The van der Waals surface area contributed by atoms with E-state index in [1.807, 2.05) is 0 Å². The van der Waals surface area contributed by atoms with E-state index in [0.717, 1.165) is 6.42 Å². The van der Waals surface area contributed by atoms with Gasteiger partial charge >= 0.3 is 0 Å². The van der Waals surface area contributed by atoms with Crippen molar-refractivity contribution in [3.8, 4) is 0 Å². The van der Waals surface area contributed by atoms with Gasteiger partial charge < -0.3 is 14.2 Å². The average Bonchev–Trinajstić information content (AvgIpc) is 2.86. The van der Waals surface area contributed by atoms with Gasteiger partial charge in [-0.15, -0.1) is 0 Å². The van der Waals surface area contributed by atoms with E-state index in [4.69, 9.17) is 14.2 Å². The summed E-state index contributed by atoms with van der Waals surface area (Å²) in [5, 5.41) is 0. The lowest BCUT2D eigenvalue weighted by Gasteiger charge is -2.54. The van der Waals surface area contributed by atoms with E-state index in [9.17, 15) is 0 Å². The van der Waals surface area contributed by atoms with Gasteiger partial charge in [0, 0.05) is 0 Å². The lowest BCUT2D eigenvalue weighted by molar-refractivity contribution is -0.232. The second-order valence-electron chi connectivity index (χ2n) is 10.5. The van der Waals surface area contributed by atoms with Gasteiger partial charge in [0.2, 0.25) is 0 Å². The number of hydrogen-bond donors (Lipinski definition) is 0. The molecule has 5 rings (SSSR count). The Balaban J connectivity index is 1.26. The van der Waals surface area contributed by atoms with Crippen LogP contribution in [-0.4, -0.2) is 26.1 Å². The number of benzene rings is 1. The molecule has 178 valence electrons. The van der Waals surface area contributed by atoms with Crippen LogP contribution in [0.25, 0.3) is 0 Å². The van der Waals surface area contributed by atoms with Crippen molar-refractivity contribution in [1.82, 2.24) is 0 Å². The highest BCUT2D eigenvalue weighted by molar-refractivity contribution is 5.32. The molecule has 3 nitrogen and oxygen atoms in total. The molecule has 2 atom stereocenters. The molecule has 1 saturated heterocycles. The molecule has 32 heavy (non-hydrogen) atoms. The Bertz CT molecular complexity index is 690. The number of allylic oxidation sites excluding steroid dienone is 1. The van der Waals surface area contributed by atoms with Crippen LogP contribution in [0, 0.1) is 5.41 Å². The highest BCUT2D eigenvalue weighted by atomic mass is 16.7. The molecule has 0 N–H and O–H groups in total. The van der Waals surface area contributed by atoms with Crippen molar-refractivity contribution in [1.29, 1.82) is 0 Å². The largest absolute Gasteiger partial charge is 0.366 e. The summed E-state index contributed by atoms with van der Waals surface area (Å²) in [6, 6.07) is 9.33. The van der Waals surface area contributed by atoms with Crippen molar-refractivity contribution in [3.63, 3.8) is 0 Å². The maximum absolute atomic E-state index is 6.09. The van der Waals surface area contributed by atoms with Crippen LogP contribution in [-0.2, 0) is 19.6 Å². The SMILES string of the molecule is CCCC=CCO[C@@H]1CO[C@@H](c2ccc(C34CCC(CCCCC)(CC3)CC4)cc2)CO1. The Kier molecular flexibility index (Phi) is 8.48. The van der Waals surface area contributed by atoms with Crippen LogP contribution in [0.2, 0.25) is 0 Å². The Morgan fingerprint density at radius 3 is 2.25 bits per heavy atom. The predicted octanol–water partition coefficient (Wildman–Crippen LogP) is 7.65. The van der Waals surface area contributed by atoms with Crippen LogP contribution in [0.15, 0.2) is 36.4 Å². The Labute approximate surface area is 195 Å². The second kappa shape index (κ2) is 11.3. The number of unbranched alkanes of at least 4 members (excludes halogenated alkanes) is 3. The molecule has 0 spiro atoms. The lowest BCUT2D eigenvalue weighted by Crippen LogP contribution is -2.44. The zero-order valence-electron chi connectivity index (χ0n) is 20.5. The highest BCUT2D eigenvalue weighted by Gasteiger charge is 2.48. The molecular formula is C29H44O3. The minimum atomic E-state index is -0.252. The average molecular weight is 441 g/mol. The summed E-state index contributed by atoms with van der Waals surface area (Å²) in [4.78, 5) is 0. The first-order valence-electron chi connectivity index (χ1n) is 13.3. The molecule has 1 heterocycles. The van der Waals surface area contributed by atoms with Crippen molar-refractivity contribution in [2.24, 2.45) is 5.41 Å². The third-order valence-corrected chi connectivity index (χ3v) is 8.47. The maximum Gasteiger partial charge on any atom is 0.181 e. The third-order valence-electron chi connectivity index (χ3n) is 8.47. The van der Waals surface area contributed by atoms with Crippen LogP contribution in [0.4, 0.5) is 0 Å². The number of fused-ring (bicyclic) bond motifs is 3. The van der Waals surface area contributed by atoms with E-state index < -0.39 is 0 Å². The summed E-state index contributed by atoms with van der Waals surface area (Å²) in [5.41, 5.74) is 3.89. The summed E-state index contributed by atoms with van der Waals surface area (Å²) in [5.74, 6) is 0. The minimum Gasteiger partial charge on any atom is -0.366 e. The first-order chi connectivity index (χ1) is 15.7. The second-order valence-corrected chi connectivity index (χ2v) is 10.5. The summed E-state index contributed by atoms with van der Waals surface area (Å²) < 4.78 is 17.8. The fourth-order valence-electron chi connectivity index (χ4n) is 6.16. The molecule has 3 heteroatoms. The Hall–Kier alpha value is -1.16. The minimum absolute atomic E-state index is 0.0148. The molecule has 0 radical (unpaired) electrons. The smallest absolute Gasteiger partial charge is 0.181 e. The molecule has 0 unspecified atom stereocenters. The van der Waals surface area contributed by atoms with Gasteiger partial charge in [-0.05, 0) is 73.3 Å². The molecule has 3 saturated carbocycles. The van der Waals surface area contributed by atoms with Crippen molar-refractivity contribution in [3.05, 3.63) is 47.5 Å². The van der Waals surface area contributed by atoms with Crippen LogP contribution < -0.4 is 0 Å². The quantitative estimate of drug-likeness (QED) is 0.261. The molecule has 4 fully saturated rings. The van der Waals surface area contributed by atoms with Gasteiger partial charge in [-0.1, -0.05) is 75.9 Å². The van der Waals surface area contributed by atoms with E-state index in [-0.39, 0.29) is 12.4 Å². The standard InChI is InChI=1S/C29H44O3/c1-3-5-7-9-21-30-27-23-31-26(22-32-27)24-10-12-25(13-11-24)29-18-15-28(16-19-29,17-20-29)14-8-6-4-2/h7,9-13,26-27H,3-6,8,14-23H2,1-2H3/t26-,27+,28?,29?/m1/s1. The Morgan fingerprint density at radius 1 is 0.875 bits per heavy atom. The van der Waals surface area contributed by atoms with Crippen molar-refractivity contribution < 1.29 is 14.2 Å². The topological polar surface area (TPSA) is 27.7 Å². The van der Waals surface area contributed by atoms with E-state index in [1.54, 1.807) is 5.56 Å². The van der Waals surface area contributed by atoms with Gasteiger partial charge in [-0.2, -0.15) is 0 Å². The number of hydrogen-bond acceptors (Lipinski definition) is 3. The molecule has 1 aromatic carbocycles. The van der Waals surface area contributed by atoms with E-state index in [1.165, 1.54) is 76.2 Å². The summed E-state index contributed by atoms with van der Waals surface area (Å²) in [6.07, 6.45) is 20.4. The highest BCUT2D eigenvalue weighted by Crippen LogP contribution is 2.59. The first-order valence-corrected chi connectivity index (χ1v) is 13.3. The number of ether oxygens (including phenoxy) is 3. The van der Waals surface area contributed by atoms with Crippen molar-refractivity contribution >= 4 is 0 Å². The molecule has 0 amide bonds. The first kappa shape index (κ1) is 24.0. The third kappa shape index (κ3) is 5.66. The van der Waals surface area contributed by atoms with Gasteiger partial charge in [0.05, 0.1) is 19.8 Å². The van der Waals surface area contributed by atoms with Gasteiger partial charge in [0.25, 0.3) is 0 Å². The van der Waals surface area contributed by atoms with E-state index in [2.05, 4.69) is 50.3 Å². The van der Waals surface area contributed by atoms with Crippen molar-refractivity contribution in [2.75, 3.05) is 19.8 Å². The molecular weight excluding hydrogens is 396 g/mol. The predicted molar refractivity (Wildman–Crippen MR) is 131 cm³/mol. The van der Waals surface area contributed by atoms with E-state index in [0.29, 0.717) is 30.7 Å². The molecule has 1 aromatic rings. The summed E-state index contributed by atoms with van der Waals surface area (Å²) >= 11 is 0. The number of rotatable bonds is 11. The summed E-state index contributed by atoms with van der Waals surface area (Å²) in [6.45, 7) is 6.15. The van der Waals surface area contributed by atoms with Gasteiger partial charge in [-0.3, -0.25) is 0 Å². The van der Waals surface area contributed by atoms with Gasteiger partial charge in [0.1, 0.15) is 6.10 Å². The van der Waals surface area contributed by atoms with Crippen LogP contribution in [0.3, 0.4) is 0 Å². The fraction of sp³-hybridized carbons (Fsp3) is 0.724. The molecule has 2 bridgehead atoms. The normalized spacial score (nSPS) is 32.6. The molecule has 4 aliphatic rings. The lowest BCUT2D eigenvalue weighted by atomic mass is 9.51. The van der Waals surface area contributed by atoms with Gasteiger partial charge in [-0.25, -0.2) is 0 Å². The zero-order valence-corrected chi connectivity index (χ0v) is 20.5. The van der Waals surface area contributed by atoms with Crippen molar-refractivity contribution in [2.45, 2.75) is 109 Å². The van der Waals surface area contributed by atoms with Crippen LogP contribution >= 0.6 is 0 Å². The Morgan fingerprint density at radius 2 is 1.62 bits per heavy atom. The van der Waals surface area contributed by atoms with Crippen LogP contribution in [0.5, 0.6) is 0 Å². The molecule has 0 aromatic heterocycles. The maximum atomic E-state index is 6.09. The monoisotopic (exact) mass is 440 g/mol. The summed E-state index contributed by atoms with van der Waals surface area (Å²) in [7, 11) is 0. The van der Waals surface area contributed by atoms with Crippen LogP contribution in [0.1, 0.15) is 108 Å². The molecule has 1 aliphatic heterocycles. The fourth-order valence-corrected chi connectivity index (χ4v) is 6.16. The zero-order chi connectivity index (χ0) is 22.3. The molecule has 3 aliphatic carbocycles.